The van der Waals surface area contributed by atoms with Crippen molar-refractivity contribution in [2.45, 2.75) is 19.4 Å². The van der Waals surface area contributed by atoms with Crippen LogP contribution in [0.1, 0.15) is 12.5 Å². The van der Waals surface area contributed by atoms with Crippen LogP contribution in [0.2, 0.25) is 0 Å². The van der Waals surface area contributed by atoms with E-state index in [1.54, 1.807) is 6.92 Å². The first-order valence-electron chi connectivity index (χ1n) is 6.86. The number of hydrogen-bond acceptors (Lipinski definition) is 4. The normalized spacial score (nSPS) is 12.1. The van der Waals surface area contributed by atoms with Crippen molar-refractivity contribution in [2.24, 2.45) is 5.73 Å². The molecule has 0 bridgehead atoms. The van der Waals surface area contributed by atoms with Crippen LogP contribution < -0.4 is 11.1 Å². The van der Waals surface area contributed by atoms with E-state index >= 15 is 0 Å². The summed E-state index contributed by atoms with van der Waals surface area (Å²) in [6.45, 7) is 1.83. The van der Waals surface area contributed by atoms with E-state index in [9.17, 15) is 9.59 Å². The molecule has 1 aromatic heterocycles. The van der Waals surface area contributed by atoms with Crippen LogP contribution >= 0.6 is 0 Å². The number of benzene rings is 1. The third-order valence-corrected chi connectivity index (χ3v) is 3.19. The second-order valence-corrected chi connectivity index (χ2v) is 4.64. The zero-order chi connectivity index (χ0) is 15.2. The van der Waals surface area contributed by atoms with Crippen LogP contribution in [-0.2, 0) is 20.7 Å². The van der Waals surface area contributed by atoms with Gasteiger partial charge in [0.05, 0.1) is 13.2 Å². The van der Waals surface area contributed by atoms with Crippen molar-refractivity contribution in [3.63, 3.8) is 0 Å². The zero-order valence-electron chi connectivity index (χ0n) is 11.9. The third kappa shape index (κ3) is 3.61. The molecule has 0 unspecified atom stereocenters. The van der Waals surface area contributed by atoms with E-state index in [4.69, 9.17) is 10.5 Å². The maximum Gasteiger partial charge on any atom is 0.328 e. The van der Waals surface area contributed by atoms with E-state index in [0.717, 1.165) is 16.5 Å². The Bertz CT molecular complexity index is 636. The Labute approximate surface area is 122 Å². The molecule has 1 amide bonds. The van der Waals surface area contributed by atoms with Gasteiger partial charge in [0.25, 0.3) is 0 Å². The molecule has 112 valence electrons. The average molecular weight is 289 g/mol. The number of carbonyl (C=O) groups is 2. The van der Waals surface area contributed by atoms with E-state index in [0.29, 0.717) is 6.42 Å². The largest absolute Gasteiger partial charge is 0.464 e. The fourth-order valence-corrected chi connectivity index (χ4v) is 2.21. The first kappa shape index (κ1) is 15.1. The predicted octanol–water partition coefficient (Wildman–Crippen LogP) is 0.717. The molecule has 0 saturated heterocycles. The molecule has 1 atom stereocenters. The molecule has 0 spiro atoms. The number of hydrogen-bond donors (Lipinski definition) is 3. The number of nitrogens with one attached hydrogen (secondary N) is 2. The van der Waals surface area contributed by atoms with Crippen LogP contribution in [0.25, 0.3) is 10.9 Å². The lowest BCUT2D eigenvalue weighted by atomic mass is 10.0. The van der Waals surface area contributed by atoms with Gasteiger partial charge in [0.1, 0.15) is 6.04 Å². The number of aromatic amines is 1. The summed E-state index contributed by atoms with van der Waals surface area (Å²) in [5.74, 6) is -0.836. The van der Waals surface area contributed by atoms with Crippen molar-refractivity contribution in [1.82, 2.24) is 10.3 Å². The molecule has 0 radical (unpaired) electrons. The van der Waals surface area contributed by atoms with Gasteiger partial charge in [-0.15, -0.1) is 0 Å². The molecule has 0 aliphatic carbocycles. The van der Waals surface area contributed by atoms with Crippen LogP contribution in [-0.4, -0.2) is 36.1 Å². The van der Waals surface area contributed by atoms with E-state index in [1.165, 1.54) is 0 Å². The number of H-pyrrole nitrogens is 1. The monoisotopic (exact) mass is 289 g/mol. The Morgan fingerprint density at radius 1 is 1.38 bits per heavy atom. The first-order chi connectivity index (χ1) is 10.2. The highest BCUT2D eigenvalue weighted by molar-refractivity contribution is 5.87. The number of aromatic nitrogens is 1. The smallest absolute Gasteiger partial charge is 0.328 e. The summed E-state index contributed by atoms with van der Waals surface area (Å²) in [6.07, 6.45) is 2.19. The van der Waals surface area contributed by atoms with E-state index in [-0.39, 0.29) is 19.1 Å². The van der Waals surface area contributed by atoms with Gasteiger partial charge in [-0.1, -0.05) is 18.2 Å². The van der Waals surface area contributed by atoms with Gasteiger partial charge < -0.3 is 20.8 Å². The minimum absolute atomic E-state index is 0.163. The highest BCUT2D eigenvalue weighted by Gasteiger charge is 2.23. The van der Waals surface area contributed by atoms with Crippen molar-refractivity contribution in [1.29, 1.82) is 0 Å². The Balaban J connectivity index is 2.21. The lowest BCUT2D eigenvalue weighted by Crippen LogP contribution is -2.45. The van der Waals surface area contributed by atoms with Crippen molar-refractivity contribution < 1.29 is 14.3 Å². The van der Waals surface area contributed by atoms with E-state index in [1.807, 2.05) is 30.5 Å². The lowest BCUT2D eigenvalue weighted by Gasteiger charge is -2.16. The summed E-state index contributed by atoms with van der Waals surface area (Å²) in [5, 5.41) is 3.62. The van der Waals surface area contributed by atoms with Crippen LogP contribution in [0, 0.1) is 0 Å². The molecule has 0 aliphatic heterocycles. The fraction of sp³-hybridized carbons (Fsp3) is 0.333. The highest BCUT2D eigenvalue weighted by Crippen LogP contribution is 2.19. The van der Waals surface area contributed by atoms with Crippen molar-refractivity contribution in [3.05, 3.63) is 36.0 Å². The number of nitrogens with two attached hydrogens (primary N) is 1. The number of rotatable bonds is 6. The SMILES string of the molecule is CCOC(=O)[C@H](Cc1c[nH]c2ccccc12)NC(=O)CN. The van der Waals surface area contributed by atoms with Gasteiger partial charge in [0.15, 0.2) is 0 Å². The van der Waals surface area contributed by atoms with Gasteiger partial charge in [-0.3, -0.25) is 4.79 Å². The maximum absolute atomic E-state index is 12.0. The topological polar surface area (TPSA) is 97.2 Å². The molecule has 21 heavy (non-hydrogen) atoms. The molecule has 2 rings (SSSR count). The molecule has 2 aromatic rings. The first-order valence-corrected chi connectivity index (χ1v) is 6.86. The molecule has 6 heteroatoms. The summed E-state index contributed by atoms with van der Waals surface area (Å²) in [6, 6.07) is 7.05. The second-order valence-electron chi connectivity index (χ2n) is 4.64. The molecule has 0 fully saturated rings. The lowest BCUT2D eigenvalue weighted by molar-refractivity contribution is -0.147. The van der Waals surface area contributed by atoms with Gasteiger partial charge >= 0.3 is 5.97 Å². The van der Waals surface area contributed by atoms with Gasteiger partial charge in [0, 0.05) is 23.5 Å². The standard InChI is InChI=1S/C15H19N3O3/c1-2-21-15(20)13(18-14(19)8-16)7-10-9-17-12-6-4-3-5-11(10)12/h3-6,9,13,17H,2,7-8,16H2,1H3,(H,18,19)/t13-/m0/s1. The van der Waals surface area contributed by atoms with Crippen molar-refractivity contribution >= 4 is 22.8 Å². The van der Waals surface area contributed by atoms with Crippen molar-refractivity contribution in [2.75, 3.05) is 13.2 Å². The number of carbonyl (C=O) groups excluding carboxylic acids is 2. The van der Waals surface area contributed by atoms with E-state index < -0.39 is 12.0 Å². The Morgan fingerprint density at radius 2 is 2.14 bits per heavy atom. The van der Waals surface area contributed by atoms with Crippen LogP contribution in [0.3, 0.4) is 0 Å². The summed E-state index contributed by atoms with van der Waals surface area (Å²) in [4.78, 5) is 26.6. The van der Waals surface area contributed by atoms with Gasteiger partial charge in [-0.05, 0) is 18.6 Å². The zero-order valence-corrected chi connectivity index (χ0v) is 11.9. The maximum atomic E-state index is 12.0. The van der Waals surface area contributed by atoms with E-state index in [2.05, 4.69) is 10.3 Å². The molecule has 1 heterocycles. The highest BCUT2D eigenvalue weighted by atomic mass is 16.5. The fourth-order valence-electron chi connectivity index (χ4n) is 2.21. The average Bonchev–Trinajstić information content (AvgIpc) is 2.90. The second kappa shape index (κ2) is 6.90. The van der Waals surface area contributed by atoms with Crippen LogP contribution in [0.5, 0.6) is 0 Å². The molecular formula is C15H19N3O3. The molecule has 6 nitrogen and oxygen atoms in total. The molecule has 4 N–H and O–H groups in total. The summed E-state index contributed by atoms with van der Waals surface area (Å²) >= 11 is 0. The van der Waals surface area contributed by atoms with Crippen LogP contribution in [0.15, 0.2) is 30.5 Å². The van der Waals surface area contributed by atoms with Crippen molar-refractivity contribution in [3.8, 4) is 0 Å². The third-order valence-electron chi connectivity index (χ3n) is 3.19. The number of ether oxygens (including phenoxy) is 1. The summed E-state index contributed by atoms with van der Waals surface area (Å²) in [7, 11) is 0. The molecule has 1 aromatic carbocycles. The number of amides is 1. The Hall–Kier alpha value is -2.34. The molecular weight excluding hydrogens is 270 g/mol. The quantitative estimate of drug-likeness (QED) is 0.682. The van der Waals surface area contributed by atoms with Gasteiger partial charge in [-0.2, -0.15) is 0 Å². The summed E-state index contributed by atoms with van der Waals surface area (Å²) in [5.41, 5.74) is 7.22. The van der Waals surface area contributed by atoms with Gasteiger partial charge in [-0.25, -0.2) is 4.79 Å². The predicted molar refractivity (Wildman–Crippen MR) is 79.6 cm³/mol. The minimum atomic E-state index is -0.736. The molecule has 0 aliphatic rings. The molecule has 0 saturated carbocycles. The number of para-hydroxylation sites is 1. The number of fused-ring (bicyclic) bond motifs is 1. The Morgan fingerprint density at radius 3 is 2.86 bits per heavy atom. The Kier molecular flexibility index (Phi) is 4.94. The summed E-state index contributed by atoms with van der Waals surface area (Å²) < 4.78 is 5.01. The van der Waals surface area contributed by atoms with Crippen LogP contribution in [0.4, 0.5) is 0 Å². The minimum Gasteiger partial charge on any atom is -0.464 e. The van der Waals surface area contributed by atoms with Gasteiger partial charge in [0.2, 0.25) is 5.91 Å². The number of esters is 1.